The number of hydrogen-bond acceptors (Lipinski definition) is 35. The Balaban J connectivity index is 0.000000192. The van der Waals surface area contributed by atoms with Gasteiger partial charge in [-0.25, -0.2) is 0 Å². The molecule has 0 fully saturated rings. The molecule has 0 aliphatic carbocycles. The summed E-state index contributed by atoms with van der Waals surface area (Å²) in [6.45, 7) is 17.3. The Morgan fingerprint density at radius 3 is 1.14 bits per heavy atom. The normalized spacial score (nSPS) is 12.0. The smallest absolute Gasteiger partial charge is 0.392 e. The van der Waals surface area contributed by atoms with Crippen molar-refractivity contribution in [1.29, 1.82) is 0 Å². The lowest BCUT2D eigenvalue weighted by atomic mass is 10.1. The first-order valence-corrected chi connectivity index (χ1v) is 50.2. The summed E-state index contributed by atoms with van der Waals surface area (Å²) in [5.74, 6) is 3.65. The van der Waals surface area contributed by atoms with E-state index in [1.165, 1.54) is 17.7 Å². The minimum Gasteiger partial charge on any atom is -0.392 e. The molecule has 0 amide bonds. The molecule has 744 valence electrons. The van der Waals surface area contributed by atoms with Gasteiger partial charge in [0.1, 0.15) is 21.4 Å². The van der Waals surface area contributed by atoms with Gasteiger partial charge in [0, 0.05) is 68.4 Å². The number of aliphatic hydroxyl groups excluding tert-OH is 4. The molecule has 10 aromatic carbocycles. The Hall–Kier alpha value is -15.1. The first-order valence-electron chi connectivity index (χ1n) is 44.7. The molecule has 0 bridgehead atoms. The zero-order valence-electron chi connectivity index (χ0n) is 79.5. The first kappa shape index (κ1) is 109. The predicted molar refractivity (Wildman–Crippen MR) is 549 cm³/mol. The third kappa shape index (κ3) is 37.9. The summed E-state index contributed by atoms with van der Waals surface area (Å²) in [5.41, 5.74) is 12.0. The fraction of sp³-hybridized carbons (Fsp3) is 0.240. The van der Waals surface area contributed by atoms with E-state index in [9.17, 15) is 54.8 Å². The van der Waals surface area contributed by atoms with Gasteiger partial charge < -0.3 is 62.5 Å². The monoisotopic (exact) mass is 2010 g/mol. The summed E-state index contributed by atoms with van der Waals surface area (Å²) >= 11 is 0. The lowest BCUT2D eigenvalue weighted by Crippen LogP contribution is -2.64. The van der Waals surface area contributed by atoms with Crippen molar-refractivity contribution in [2.75, 3.05) is 85.7 Å². The Kier molecular flexibility index (Phi) is 41.8. The molecule has 4 aromatic heterocycles. The number of aryl methyl sites for hydroxylation is 2. The average molecular weight is 2010 g/mol. The fourth-order valence-electron chi connectivity index (χ4n) is 13.7. The SMILES string of the molecule is CC=Cc1ccc(Nc2nc(Cc3ccccc3)nc(N(CC(C)O)CC(C)O)n2)cc1S(=O)(=O)O.CC=Cc1ccc(Nc2nc(NCc3ccccc3)nc(NCc3ccccc3)n2)cc1S(=O)(=O)OC.Cc1ccc(Nc2nc(NCc3ccccc3)nc(NCc3ccccc3)n2)cc1CS(=O)(=O)O.Cc1ccc(Nc2nc[n+](N(CC(C)O)CC(C)O)c(Cc3ccccc3)n2)cc1.O=S(=O)=O. The summed E-state index contributed by atoms with van der Waals surface area (Å²) in [7, 11) is -14.5. The number of aromatic nitrogens is 12. The summed E-state index contributed by atoms with van der Waals surface area (Å²) < 4.78 is 122. The Morgan fingerprint density at radius 2 is 0.754 bits per heavy atom. The fourth-order valence-corrected chi connectivity index (χ4v) is 16.0. The molecule has 42 heteroatoms. The van der Waals surface area contributed by atoms with E-state index >= 15 is 0 Å². The van der Waals surface area contributed by atoms with Crippen LogP contribution in [0.3, 0.4) is 0 Å². The van der Waals surface area contributed by atoms with Gasteiger partial charge >= 0.3 is 16.6 Å². The van der Waals surface area contributed by atoms with Crippen molar-refractivity contribution in [3.63, 3.8) is 0 Å². The molecule has 14 rings (SSSR count). The largest absolute Gasteiger partial charge is 0.425 e. The highest BCUT2D eigenvalue weighted by molar-refractivity contribution is 7.87. The minimum absolute atomic E-state index is 0.0389. The topological polar surface area (TPSA) is 533 Å². The molecule has 14 aromatic rings. The third-order valence-corrected chi connectivity index (χ3v) is 23.0. The second-order valence-corrected chi connectivity index (χ2v) is 37.3. The van der Waals surface area contributed by atoms with Crippen LogP contribution in [0, 0.1) is 13.8 Å². The third-order valence-electron chi connectivity index (χ3n) is 20.1. The highest BCUT2D eigenvalue weighted by atomic mass is 32.2. The molecule has 4 heterocycles. The standard InChI is InChI=1S/C27H28N6O3S.C25H26N6O3S.C25H31N5O5S.C23H29N5O2.O3S/c1-3-10-22-15-16-23(17-24(22)37(34,35)36-2)30-27-32-25(28-18-20-11-6-4-7-12-20)31-26(33-27)29-19-21-13-8-5-9-14-21;1-18-12-13-22(14-21(18)17-35(32,33)34)28-25-30-23(26-15-19-8-4-2-5-9-19)29-24(31-25)27-16-20-10-6-3-7-11-20;1-4-8-20-11-12-21(14-22(20)36(33,34)35)26-24-27-23(13-19-9-6-5-7-10-19)28-25(29-24)30(15-17(2)31)16-18(3)32;1-17-9-11-21(12-10-17)25-23-24-16-28(27(14-18(2)29)15-19(3)30)22(26-23)13-20-7-5-4-6-8-20;1-4(2)3/h3-17H,18-19H2,1-2H3,(H3,28,29,30,31,32,33);2-14H,15-17H2,1H3,(H,32,33,34)(H3,26,27,28,29,30,31);4-12,14,17-18,31-32H,13,15-16H2,1-3H3,(H,33,34,35)(H,26,27,28,29);4-12,16,18-19,29-30H,13-15H2,1-3H3;/p+1. The van der Waals surface area contributed by atoms with Crippen LogP contribution in [0.5, 0.6) is 0 Å². The Morgan fingerprint density at radius 1 is 0.401 bits per heavy atom. The van der Waals surface area contributed by atoms with Gasteiger partial charge in [-0.15, -0.1) is 17.3 Å². The summed E-state index contributed by atoms with van der Waals surface area (Å²) in [6, 6.07) is 82.0. The maximum atomic E-state index is 12.5. The van der Waals surface area contributed by atoms with Gasteiger partial charge in [0.2, 0.25) is 47.6 Å². The molecular formula is C100H115N22O16S4+. The van der Waals surface area contributed by atoms with Crippen LogP contribution in [-0.2, 0) is 89.9 Å². The quantitative estimate of drug-likeness (QED) is 0.00961. The molecule has 4 unspecified atom stereocenters. The zero-order valence-corrected chi connectivity index (χ0v) is 82.7. The van der Waals surface area contributed by atoms with E-state index in [1.807, 2.05) is 230 Å². The number of hydrogen-bond donors (Lipinski definition) is 14. The average Bonchev–Trinajstić information content (AvgIpc) is 0.805. The van der Waals surface area contributed by atoms with Gasteiger partial charge in [-0.05, 0) is 160 Å². The summed E-state index contributed by atoms with van der Waals surface area (Å²) in [6.07, 6.45) is 6.86. The maximum absolute atomic E-state index is 12.5. The first-order chi connectivity index (χ1) is 68.0. The van der Waals surface area contributed by atoms with E-state index in [1.54, 1.807) is 120 Å². The van der Waals surface area contributed by atoms with E-state index in [2.05, 4.69) is 92.4 Å². The van der Waals surface area contributed by atoms with Crippen LogP contribution < -0.4 is 57.1 Å². The van der Waals surface area contributed by atoms with Crippen LogP contribution in [0.25, 0.3) is 12.2 Å². The van der Waals surface area contributed by atoms with Gasteiger partial charge in [-0.2, -0.15) is 70.1 Å². The van der Waals surface area contributed by atoms with E-state index < -0.39 is 71.1 Å². The zero-order chi connectivity index (χ0) is 102. The minimum atomic E-state index is -4.48. The van der Waals surface area contributed by atoms with Crippen molar-refractivity contribution >= 4 is 129 Å². The molecule has 38 nitrogen and oxygen atoms in total. The summed E-state index contributed by atoms with van der Waals surface area (Å²) in [4.78, 5) is 51.1. The van der Waals surface area contributed by atoms with Gasteiger partial charge in [0.25, 0.3) is 42.5 Å². The van der Waals surface area contributed by atoms with Crippen LogP contribution in [0.2, 0.25) is 0 Å². The van der Waals surface area contributed by atoms with Crippen LogP contribution >= 0.6 is 0 Å². The highest BCUT2D eigenvalue weighted by Crippen LogP contribution is 2.30. The second kappa shape index (κ2) is 54.5. The van der Waals surface area contributed by atoms with Crippen LogP contribution in [0.15, 0.2) is 289 Å². The molecule has 0 saturated heterocycles. The van der Waals surface area contributed by atoms with Gasteiger partial charge in [0.05, 0.1) is 51.0 Å². The number of aliphatic hydroxyl groups is 4. The van der Waals surface area contributed by atoms with Gasteiger partial charge in [-0.1, -0.05) is 252 Å². The number of rotatable bonds is 41. The molecule has 0 spiro atoms. The maximum Gasteiger partial charge on any atom is 0.425 e. The predicted octanol–water partition coefficient (Wildman–Crippen LogP) is 13.9. The Bertz CT molecular complexity index is 6790. The van der Waals surface area contributed by atoms with Crippen molar-refractivity contribution in [2.45, 2.75) is 134 Å². The van der Waals surface area contributed by atoms with Crippen molar-refractivity contribution in [1.82, 2.24) is 54.8 Å². The summed E-state index contributed by atoms with van der Waals surface area (Å²) in [5, 5.41) is 67.1. The number of nitrogens with one attached hydrogen (secondary N) is 8. The van der Waals surface area contributed by atoms with Crippen LogP contribution in [0.1, 0.15) is 114 Å². The lowest BCUT2D eigenvalue weighted by molar-refractivity contribution is -0.707. The molecule has 14 N–H and O–H groups in total. The van der Waals surface area contributed by atoms with Crippen molar-refractivity contribution < 1.29 is 76.3 Å². The number of nitrogens with zero attached hydrogens (tertiary/aromatic N) is 14. The van der Waals surface area contributed by atoms with Crippen LogP contribution in [-0.4, -0.2) is 180 Å². The van der Waals surface area contributed by atoms with E-state index in [-0.39, 0.29) is 46.7 Å². The van der Waals surface area contributed by atoms with Gasteiger partial charge in [-0.3, -0.25) is 23.6 Å². The van der Waals surface area contributed by atoms with E-state index in [4.69, 9.17) is 21.8 Å². The van der Waals surface area contributed by atoms with E-state index in [0.717, 1.165) is 57.6 Å². The van der Waals surface area contributed by atoms with E-state index in [0.29, 0.717) is 121 Å². The molecule has 0 saturated carbocycles. The molecule has 0 radical (unpaired) electrons. The number of benzene rings is 10. The molecule has 142 heavy (non-hydrogen) atoms. The number of allylic oxidation sites excluding steroid dienone is 2. The highest BCUT2D eigenvalue weighted by Gasteiger charge is 2.26. The molecule has 0 aliphatic heterocycles. The molecule has 4 atom stereocenters. The van der Waals surface area contributed by atoms with Crippen molar-refractivity contribution in [3.05, 3.63) is 352 Å². The number of anilines is 13. The lowest BCUT2D eigenvalue weighted by Gasteiger charge is -2.26. The molecular weight excluding hydrogens is 1890 g/mol. The second-order valence-electron chi connectivity index (χ2n) is 32.3. The van der Waals surface area contributed by atoms with Crippen LogP contribution in [0.4, 0.5) is 76.3 Å². The van der Waals surface area contributed by atoms with Gasteiger partial charge in [0.15, 0.2) is 0 Å². The Labute approximate surface area is 827 Å². The van der Waals surface area contributed by atoms with Crippen molar-refractivity contribution in [2.24, 2.45) is 0 Å². The molecule has 0 aliphatic rings. The van der Waals surface area contributed by atoms with Crippen molar-refractivity contribution in [3.8, 4) is 0 Å².